The summed E-state index contributed by atoms with van der Waals surface area (Å²) >= 11 is 1.55. The minimum atomic E-state index is -0.203. The zero-order valence-corrected chi connectivity index (χ0v) is 11.2. The molecule has 0 aromatic carbocycles. The Hall–Kier alpha value is -1.18. The molecule has 0 atom stereocenters. The molecule has 1 aliphatic heterocycles. The van der Waals surface area contributed by atoms with Gasteiger partial charge in [0.1, 0.15) is 0 Å². The number of thiazole rings is 1. The lowest BCUT2D eigenvalue weighted by atomic mass is 10.2. The number of nitrogens with one attached hydrogen (secondary N) is 1. The fourth-order valence-corrected chi connectivity index (χ4v) is 2.39. The normalized spacial score (nSPS) is 16.5. The monoisotopic (exact) mass is 271 g/mol. The van der Waals surface area contributed by atoms with Crippen LogP contribution in [0.1, 0.15) is 12.1 Å². The number of rotatable bonds is 5. The Morgan fingerprint density at radius 3 is 3.11 bits per heavy atom. The van der Waals surface area contributed by atoms with Crippen LogP contribution in [-0.2, 0) is 20.7 Å². The Bertz CT molecular complexity index is 391. The van der Waals surface area contributed by atoms with E-state index in [9.17, 15) is 4.79 Å². The highest BCUT2D eigenvalue weighted by Crippen LogP contribution is 2.17. The van der Waals surface area contributed by atoms with Crippen LogP contribution in [0.5, 0.6) is 0 Å². The minimum Gasteiger partial charge on any atom is -0.469 e. The van der Waals surface area contributed by atoms with Crippen LogP contribution in [0.4, 0.5) is 5.13 Å². The zero-order valence-electron chi connectivity index (χ0n) is 10.3. The SMILES string of the molecule is COC(=O)CCc1csc(NN2CCOCC2)n1. The summed E-state index contributed by atoms with van der Waals surface area (Å²) in [6.07, 6.45) is 0.991. The summed E-state index contributed by atoms with van der Waals surface area (Å²) in [5.74, 6) is -0.203. The average Bonchev–Trinajstić information content (AvgIpc) is 2.85. The summed E-state index contributed by atoms with van der Waals surface area (Å²) in [6, 6.07) is 0. The molecule has 0 spiro atoms. The van der Waals surface area contributed by atoms with Crippen molar-refractivity contribution in [1.29, 1.82) is 0 Å². The van der Waals surface area contributed by atoms with Gasteiger partial charge in [-0.1, -0.05) is 0 Å². The maximum Gasteiger partial charge on any atom is 0.305 e. The molecule has 100 valence electrons. The second-order valence-electron chi connectivity index (χ2n) is 3.93. The van der Waals surface area contributed by atoms with Gasteiger partial charge in [-0.3, -0.25) is 10.2 Å². The molecule has 1 aliphatic rings. The second kappa shape index (κ2) is 6.67. The van der Waals surface area contributed by atoms with Gasteiger partial charge in [0.05, 0.1) is 32.4 Å². The molecule has 6 nitrogen and oxygen atoms in total. The van der Waals surface area contributed by atoms with Crippen LogP contribution in [0.3, 0.4) is 0 Å². The number of ether oxygens (including phenoxy) is 2. The molecule has 1 saturated heterocycles. The van der Waals surface area contributed by atoms with Crippen LogP contribution in [0.2, 0.25) is 0 Å². The maximum absolute atomic E-state index is 11.0. The first-order valence-corrected chi connectivity index (χ1v) is 6.76. The maximum atomic E-state index is 11.0. The van der Waals surface area contributed by atoms with Gasteiger partial charge in [-0.25, -0.2) is 9.99 Å². The van der Waals surface area contributed by atoms with Crippen molar-refractivity contribution in [3.63, 3.8) is 0 Å². The van der Waals surface area contributed by atoms with E-state index >= 15 is 0 Å². The van der Waals surface area contributed by atoms with Gasteiger partial charge < -0.3 is 9.47 Å². The number of methoxy groups -OCH3 is 1. The standard InChI is InChI=1S/C11H17N3O3S/c1-16-10(15)3-2-9-8-18-11(12-9)13-14-4-6-17-7-5-14/h8H,2-7H2,1H3,(H,12,13). The molecular formula is C11H17N3O3S. The Morgan fingerprint density at radius 2 is 2.39 bits per heavy atom. The third-order valence-corrected chi connectivity index (χ3v) is 3.43. The number of aromatic nitrogens is 1. The van der Waals surface area contributed by atoms with E-state index in [1.807, 2.05) is 5.38 Å². The molecule has 1 fully saturated rings. The number of carbonyl (C=O) groups is 1. The van der Waals surface area contributed by atoms with Crippen molar-refractivity contribution < 1.29 is 14.3 Å². The molecule has 1 aromatic heterocycles. The zero-order chi connectivity index (χ0) is 12.8. The van der Waals surface area contributed by atoms with Gasteiger partial charge in [0.25, 0.3) is 0 Å². The van der Waals surface area contributed by atoms with Crippen molar-refractivity contribution in [3.05, 3.63) is 11.1 Å². The van der Waals surface area contributed by atoms with Gasteiger partial charge in [0.15, 0.2) is 5.13 Å². The molecule has 0 saturated carbocycles. The molecule has 0 radical (unpaired) electrons. The van der Waals surface area contributed by atoms with Crippen molar-refractivity contribution in [1.82, 2.24) is 9.99 Å². The van der Waals surface area contributed by atoms with Crippen LogP contribution in [0.25, 0.3) is 0 Å². The Morgan fingerprint density at radius 1 is 1.61 bits per heavy atom. The van der Waals surface area contributed by atoms with Gasteiger partial charge >= 0.3 is 5.97 Å². The fraction of sp³-hybridized carbons (Fsp3) is 0.636. The number of morpholine rings is 1. The van der Waals surface area contributed by atoms with Crippen molar-refractivity contribution in [3.8, 4) is 0 Å². The van der Waals surface area contributed by atoms with Crippen LogP contribution < -0.4 is 5.43 Å². The molecule has 0 amide bonds. The molecule has 18 heavy (non-hydrogen) atoms. The Kier molecular flexibility index (Phi) is 4.91. The Balaban J connectivity index is 1.80. The van der Waals surface area contributed by atoms with E-state index in [0.29, 0.717) is 12.8 Å². The van der Waals surface area contributed by atoms with Crippen molar-refractivity contribution >= 4 is 22.4 Å². The number of esters is 1. The highest BCUT2D eigenvalue weighted by Gasteiger charge is 2.12. The van der Waals surface area contributed by atoms with Gasteiger partial charge in [-0.15, -0.1) is 11.3 Å². The summed E-state index contributed by atoms with van der Waals surface area (Å²) in [4.78, 5) is 15.5. The molecule has 0 aliphatic carbocycles. The fourth-order valence-electron chi connectivity index (χ4n) is 1.62. The van der Waals surface area contributed by atoms with E-state index < -0.39 is 0 Å². The van der Waals surface area contributed by atoms with Crippen LogP contribution in [-0.4, -0.2) is 49.4 Å². The lowest BCUT2D eigenvalue weighted by Gasteiger charge is -2.26. The minimum absolute atomic E-state index is 0.203. The lowest BCUT2D eigenvalue weighted by molar-refractivity contribution is -0.140. The lowest BCUT2D eigenvalue weighted by Crippen LogP contribution is -2.40. The van der Waals surface area contributed by atoms with Crippen molar-refractivity contribution in [2.45, 2.75) is 12.8 Å². The summed E-state index contributed by atoms with van der Waals surface area (Å²) in [5, 5.41) is 4.91. The van der Waals surface area contributed by atoms with E-state index in [2.05, 4.69) is 20.2 Å². The average molecular weight is 271 g/mol. The second-order valence-corrected chi connectivity index (χ2v) is 4.79. The third-order valence-electron chi connectivity index (χ3n) is 2.63. The Labute approximate surface area is 110 Å². The van der Waals surface area contributed by atoms with E-state index in [4.69, 9.17) is 4.74 Å². The molecule has 0 unspecified atom stereocenters. The van der Waals surface area contributed by atoms with E-state index in [-0.39, 0.29) is 5.97 Å². The third kappa shape index (κ3) is 3.94. The first-order valence-electron chi connectivity index (χ1n) is 5.88. The molecular weight excluding hydrogens is 254 g/mol. The predicted octanol–water partition coefficient (Wildman–Crippen LogP) is 0.908. The highest BCUT2D eigenvalue weighted by molar-refractivity contribution is 7.13. The summed E-state index contributed by atoms with van der Waals surface area (Å²) in [6.45, 7) is 3.20. The summed E-state index contributed by atoms with van der Waals surface area (Å²) in [5.41, 5.74) is 4.17. The van der Waals surface area contributed by atoms with Gasteiger partial charge in [-0.05, 0) is 0 Å². The van der Waals surface area contributed by atoms with E-state index in [1.54, 1.807) is 11.3 Å². The number of hydrazine groups is 1. The van der Waals surface area contributed by atoms with E-state index in [0.717, 1.165) is 37.1 Å². The largest absolute Gasteiger partial charge is 0.469 e. The number of aryl methyl sites for hydroxylation is 1. The molecule has 2 heterocycles. The quantitative estimate of drug-likeness (QED) is 0.803. The van der Waals surface area contributed by atoms with Gasteiger partial charge in [-0.2, -0.15) is 0 Å². The molecule has 1 N–H and O–H groups in total. The molecule has 1 aromatic rings. The number of carbonyl (C=O) groups excluding carboxylic acids is 1. The molecule has 2 rings (SSSR count). The first kappa shape index (κ1) is 13.3. The number of anilines is 1. The summed E-state index contributed by atoms with van der Waals surface area (Å²) in [7, 11) is 1.40. The van der Waals surface area contributed by atoms with Gasteiger partial charge in [0.2, 0.25) is 0 Å². The number of hydrogen-bond acceptors (Lipinski definition) is 7. The van der Waals surface area contributed by atoms with E-state index in [1.165, 1.54) is 7.11 Å². The van der Waals surface area contributed by atoms with Crippen LogP contribution in [0, 0.1) is 0 Å². The predicted molar refractivity (Wildman–Crippen MR) is 68.5 cm³/mol. The van der Waals surface area contributed by atoms with Crippen LogP contribution in [0.15, 0.2) is 5.38 Å². The first-order chi connectivity index (χ1) is 8.78. The van der Waals surface area contributed by atoms with Gasteiger partial charge in [0, 0.05) is 24.9 Å². The summed E-state index contributed by atoms with van der Waals surface area (Å²) < 4.78 is 9.87. The highest BCUT2D eigenvalue weighted by atomic mass is 32.1. The topological polar surface area (TPSA) is 63.7 Å². The number of hydrogen-bond donors (Lipinski definition) is 1. The van der Waals surface area contributed by atoms with Crippen molar-refractivity contribution in [2.24, 2.45) is 0 Å². The van der Waals surface area contributed by atoms with Crippen LogP contribution >= 0.6 is 11.3 Å². The molecule has 0 bridgehead atoms. The number of nitrogens with zero attached hydrogens (tertiary/aromatic N) is 2. The molecule has 7 heteroatoms. The van der Waals surface area contributed by atoms with Crippen molar-refractivity contribution in [2.75, 3.05) is 38.8 Å². The smallest absolute Gasteiger partial charge is 0.305 e.